The second-order valence-electron chi connectivity index (χ2n) is 3.77. The molecule has 2 atom stereocenters. The standard InChI is InChI=1S/C10H19NO4/c1-7(12)10(11)8(13)5-3-2-4-6-9(14)15/h7,10,12H,2-6,11H2,1H3,(H,14,15)/p+1. The topological polar surface area (TPSA) is 102 Å². The van der Waals surface area contributed by atoms with Crippen LogP contribution in [0.1, 0.15) is 39.0 Å². The van der Waals surface area contributed by atoms with Crippen LogP contribution in [0, 0.1) is 0 Å². The lowest BCUT2D eigenvalue weighted by atomic mass is 10.0. The Morgan fingerprint density at radius 1 is 1.20 bits per heavy atom. The molecule has 5 nitrogen and oxygen atoms in total. The highest BCUT2D eigenvalue weighted by atomic mass is 16.4. The van der Waals surface area contributed by atoms with E-state index in [-0.39, 0.29) is 12.2 Å². The molecule has 0 heterocycles. The Morgan fingerprint density at radius 2 is 1.73 bits per heavy atom. The first-order valence-electron chi connectivity index (χ1n) is 5.20. The number of rotatable bonds is 8. The summed E-state index contributed by atoms with van der Waals surface area (Å²) in [5.41, 5.74) is 3.57. The summed E-state index contributed by atoms with van der Waals surface area (Å²) in [7, 11) is 0. The van der Waals surface area contributed by atoms with Crippen LogP contribution >= 0.6 is 0 Å². The first-order valence-corrected chi connectivity index (χ1v) is 5.20. The molecule has 0 aliphatic carbocycles. The minimum absolute atomic E-state index is 0.0553. The van der Waals surface area contributed by atoms with Crippen molar-refractivity contribution in [2.45, 2.75) is 51.2 Å². The predicted octanol–water partition coefficient (Wildman–Crippen LogP) is -0.418. The molecule has 0 fully saturated rings. The number of Topliss-reactive ketones (excluding diaryl/α,β-unsaturated/α-hetero) is 1. The van der Waals surface area contributed by atoms with Crippen molar-refractivity contribution in [3.63, 3.8) is 0 Å². The molecule has 0 saturated carbocycles. The number of hydrogen-bond acceptors (Lipinski definition) is 3. The Balaban J connectivity index is 3.51. The fourth-order valence-corrected chi connectivity index (χ4v) is 1.21. The second kappa shape index (κ2) is 7.36. The van der Waals surface area contributed by atoms with E-state index in [4.69, 9.17) is 10.2 Å². The molecule has 5 heteroatoms. The van der Waals surface area contributed by atoms with Gasteiger partial charge in [-0.1, -0.05) is 6.42 Å². The maximum absolute atomic E-state index is 11.3. The summed E-state index contributed by atoms with van der Waals surface area (Å²) in [5, 5.41) is 17.5. The molecule has 0 aromatic carbocycles. The van der Waals surface area contributed by atoms with Gasteiger partial charge in [0.15, 0.2) is 11.8 Å². The Bertz CT molecular complexity index is 215. The predicted molar refractivity (Wildman–Crippen MR) is 54.1 cm³/mol. The zero-order chi connectivity index (χ0) is 11.8. The molecular weight excluding hydrogens is 198 g/mol. The van der Waals surface area contributed by atoms with E-state index in [0.29, 0.717) is 19.3 Å². The van der Waals surface area contributed by atoms with E-state index in [2.05, 4.69) is 5.73 Å². The van der Waals surface area contributed by atoms with Crippen LogP contribution in [-0.2, 0) is 9.59 Å². The Kier molecular flexibility index (Phi) is 6.90. The summed E-state index contributed by atoms with van der Waals surface area (Å²) >= 11 is 0. The smallest absolute Gasteiger partial charge is 0.303 e. The van der Waals surface area contributed by atoms with Gasteiger partial charge in [0.2, 0.25) is 0 Å². The van der Waals surface area contributed by atoms with Crippen molar-refractivity contribution in [1.82, 2.24) is 0 Å². The number of aliphatic carboxylic acids is 1. The fraction of sp³-hybridized carbons (Fsp3) is 0.800. The molecule has 2 unspecified atom stereocenters. The highest BCUT2D eigenvalue weighted by Crippen LogP contribution is 2.05. The molecule has 5 N–H and O–H groups in total. The number of carbonyl (C=O) groups is 2. The van der Waals surface area contributed by atoms with E-state index in [1.807, 2.05) is 0 Å². The molecule has 0 rings (SSSR count). The van der Waals surface area contributed by atoms with Crippen LogP contribution in [0.25, 0.3) is 0 Å². The zero-order valence-corrected chi connectivity index (χ0v) is 9.11. The van der Waals surface area contributed by atoms with E-state index in [1.165, 1.54) is 0 Å². The van der Waals surface area contributed by atoms with Crippen molar-refractivity contribution in [3.8, 4) is 0 Å². The minimum Gasteiger partial charge on any atom is -0.481 e. The lowest BCUT2D eigenvalue weighted by Gasteiger charge is -2.09. The molecule has 0 spiro atoms. The van der Waals surface area contributed by atoms with Gasteiger partial charge in [0.1, 0.15) is 6.10 Å². The number of ketones is 1. The molecular formula is C10H20NO4+. The Hall–Kier alpha value is -0.940. The average molecular weight is 218 g/mol. The maximum Gasteiger partial charge on any atom is 0.303 e. The summed E-state index contributed by atoms with van der Waals surface area (Å²) in [6.07, 6.45) is 1.81. The number of unbranched alkanes of at least 4 members (excludes halogenated alkanes) is 2. The molecule has 0 aromatic rings. The quantitative estimate of drug-likeness (QED) is 0.481. The zero-order valence-electron chi connectivity index (χ0n) is 9.11. The SMILES string of the molecule is CC(O)C([NH3+])C(=O)CCCCCC(=O)O. The largest absolute Gasteiger partial charge is 0.481 e. The Labute approximate surface area is 89.3 Å². The van der Waals surface area contributed by atoms with Gasteiger partial charge < -0.3 is 15.9 Å². The van der Waals surface area contributed by atoms with Crippen molar-refractivity contribution < 1.29 is 25.5 Å². The van der Waals surface area contributed by atoms with Crippen LogP contribution in [0.15, 0.2) is 0 Å². The number of quaternary nitrogens is 1. The van der Waals surface area contributed by atoms with Gasteiger partial charge >= 0.3 is 5.97 Å². The molecule has 15 heavy (non-hydrogen) atoms. The van der Waals surface area contributed by atoms with Gasteiger partial charge in [-0.2, -0.15) is 0 Å². The number of aliphatic hydroxyl groups is 1. The highest BCUT2D eigenvalue weighted by Gasteiger charge is 2.21. The van der Waals surface area contributed by atoms with Crippen LogP contribution in [-0.4, -0.2) is 34.1 Å². The van der Waals surface area contributed by atoms with Crippen LogP contribution in [0.4, 0.5) is 0 Å². The fourth-order valence-electron chi connectivity index (χ4n) is 1.21. The summed E-state index contributed by atoms with van der Waals surface area (Å²) in [5.74, 6) is -0.860. The molecule has 0 saturated heterocycles. The van der Waals surface area contributed by atoms with Gasteiger partial charge in [-0.15, -0.1) is 0 Å². The molecule has 0 aromatic heterocycles. The minimum atomic E-state index is -0.805. The third kappa shape index (κ3) is 7.04. The van der Waals surface area contributed by atoms with E-state index in [1.54, 1.807) is 6.92 Å². The van der Waals surface area contributed by atoms with Crippen LogP contribution in [0.3, 0.4) is 0 Å². The molecule has 0 radical (unpaired) electrons. The first-order chi connectivity index (χ1) is 6.95. The van der Waals surface area contributed by atoms with Crippen molar-refractivity contribution in [2.24, 2.45) is 0 Å². The number of aliphatic hydroxyl groups excluding tert-OH is 1. The second-order valence-corrected chi connectivity index (χ2v) is 3.77. The summed E-state index contributed by atoms with van der Waals surface area (Å²) < 4.78 is 0. The Morgan fingerprint density at radius 3 is 2.20 bits per heavy atom. The molecule has 88 valence electrons. The number of carbonyl (C=O) groups excluding carboxylic acids is 1. The van der Waals surface area contributed by atoms with Gasteiger partial charge in [0.25, 0.3) is 0 Å². The molecule has 0 aliphatic heterocycles. The van der Waals surface area contributed by atoms with Gasteiger partial charge in [-0.3, -0.25) is 9.59 Å². The van der Waals surface area contributed by atoms with E-state index < -0.39 is 18.1 Å². The number of carboxylic acids is 1. The average Bonchev–Trinajstić information content (AvgIpc) is 2.15. The monoisotopic (exact) mass is 218 g/mol. The maximum atomic E-state index is 11.3. The molecule has 0 aliphatic rings. The van der Waals surface area contributed by atoms with Gasteiger partial charge in [0, 0.05) is 12.8 Å². The van der Waals surface area contributed by atoms with E-state index in [0.717, 1.165) is 6.42 Å². The van der Waals surface area contributed by atoms with E-state index in [9.17, 15) is 9.59 Å². The summed E-state index contributed by atoms with van der Waals surface area (Å²) in [6, 6.07) is -0.565. The van der Waals surface area contributed by atoms with Crippen molar-refractivity contribution >= 4 is 11.8 Å². The van der Waals surface area contributed by atoms with Crippen molar-refractivity contribution in [2.75, 3.05) is 0 Å². The third-order valence-electron chi connectivity index (χ3n) is 2.31. The molecule has 0 bridgehead atoms. The lowest BCUT2D eigenvalue weighted by Crippen LogP contribution is -2.69. The normalized spacial score (nSPS) is 14.6. The van der Waals surface area contributed by atoms with Gasteiger partial charge in [-0.05, 0) is 19.8 Å². The van der Waals surface area contributed by atoms with Crippen LogP contribution < -0.4 is 5.73 Å². The lowest BCUT2D eigenvalue weighted by molar-refractivity contribution is -0.418. The summed E-state index contributed by atoms with van der Waals surface area (Å²) in [6.45, 7) is 1.54. The summed E-state index contributed by atoms with van der Waals surface area (Å²) in [4.78, 5) is 21.5. The van der Waals surface area contributed by atoms with Gasteiger partial charge in [-0.25, -0.2) is 0 Å². The van der Waals surface area contributed by atoms with Crippen LogP contribution in [0.5, 0.6) is 0 Å². The third-order valence-corrected chi connectivity index (χ3v) is 2.31. The highest BCUT2D eigenvalue weighted by molar-refractivity contribution is 5.82. The molecule has 0 amide bonds. The van der Waals surface area contributed by atoms with Crippen LogP contribution in [0.2, 0.25) is 0 Å². The van der Waals surface area contributed by atoms with E-state index >= 15 is 0 Å². The van der Waals surface area contributed by atoms with Crippen molar-refractivity contribution in [3.05, 3.63) is 0 Å². The van der Waals surface area contributed by atoms with Crippen molar-refractivity contribution in [1.29, 1.82) is 0 Å². The number of carboxylic acid groups (broad SMARTS) is 1. The van der Waals surface area contributed by atoms with Gasteiger partial charge in [0.05, 0.1) is 0 Å². The number of hydrogen-bond donors (Lipinski definition) is 3. The first kappa shape index (κ1) is 14.1.